The molecule has 3 rings (SSSR count). The molecule has 0 saturated heterocycles. The monoisotopic (exact) mass is 257 g/mol. The molecule has 100 valence electrons. The van der Waals surface area contributed by atoms with Gasteiger partial charge in [-0.1, -0.05) is 13.8 Å². The molecule has 0 spiro atoms. The summed E-state index contributed by atoms with van der Waals surface area (Å²) in [5.41, 5.74) is 1.96. The third-order valence-corrected chi connectivity index (χ3v) is 3.39. The van der Waals surface area contributed by atoms with Gasteiger partial charge in [-0.3, -0.25) is 0 Å². The smallest absolute Gasteiger partial charge is 0.226 e. The molecular weight excluding hydrogens is 238 g/mol. The van der Waals surface area contributed by atoms with E-state index < -0.39 is 0 Å². The van der Waals surface area contributed by atoms with Crippen LogP contribution in [0.4, 0.5) is 5.82 Å². The second kappa shape index (κ2) is 5.03. The fourth-order valence-electron chi connectivity index (χ4n) is 1.92. The fourth-order valence-corrected chi connectivity index (χ4v) is 1.92. The Hall–Kier alpha value is -1.84. The minimum atomic E-state index is 0.381. The lowest BCUT2D eigenvalue weighted by Crippen LogP contribution is -2.04. The quantitative estimate of drug-likeness (QED) is 0.887. The highest BCUT2D eigenvalue weighted by Gasteiger charge is 2.20. The number of nitrogens with one attached hydrogen (secondary N) is 1. The van der Waals surface area contributed by atoms with Gasteiger partial charge in [-0.25, -0.2) is 9.97 Å². The van der Waals surface area contributed by atoms with Crippen molar-refractivity contribution in [2.75, 3.05) is 11.9 Å². The summed E-state index contributed by atoms with van der Waals surface area (Å²) in [6.07, 6.45) is 6.20. The summed E-state index contributed by atoms with van der Waals surface area (Å²) < 4.78 is 5.54. The Bertz CT molecular complexity index is 558. The molecule has 1 aliphatic rings. The number of anilines is 1. The van der Waals surface area contributed by atoms with Crippen LogP contribution in [0.1, 0.15) is 38.3 Å². The summed E-state index contributed by atoms with van der Waals surface area (Å²) in [4.78, 5) is 8.83. The number of hydrogen-bond donors (Lipinski definition) is 1. The van der Waals surface area contributed by atoms with Crippen molar-refractivity contribution in [3.05, 3.63) is 30.3 Å². The molecule has 2 aromatic rings. The SMILES string of the molecule is CC(C)c1coc(-c2ccnc(NCC3CC3)c2)n1. The van der Waals surface area contributed by atoms with Crippen LogP contribution in [0.15, 0.2) is 29.0 Å². The molecule has 0 radical (unpaired) electrons. The molecular formula is C15H19N3O. The van der Waals surface area contributed by atoms with E-state index >= 15 is 0 Å². The van der Waals surface area contributed by atoms with Gasteiger partial charge in [-0.2, -0.15) is 0 Å². The first-order chi connectivity index (χ1) is 9.22. The van der Waals surface area contributed by atoms with Crippen LogP contribution in [0.5, 0.6) is 0 Å². The highest BCUT2D eigenvalue weighted by atomic mass is 16.3. The lowest BCUT2D eigenvalue weighted by Gasteiger charge is -2.04. The van der Waals surface area contributed by atoms with Crippen molar-refractivity contribution in [2.24, 2.45) is 5.92 Å². The summed E-state index contributed by atoms with van der Waals surface area (Å²) in [6.45, 7) is 5.23. The Kier molecular flexibility index (Phi) is 3.23. The van der Waals surface area contributed by atoms with Crippen molar-refractivity contribution < 1.29 is 4.42 Å². The molecule has 1 saturated carbocycles. The number of oxazole rings is 1. The summed E-state index contributed by atoms with van der Waals surface area (Å²) in [5, 5.41) is 3.37. The average Bonchev–Trinajstić information content (AvgIpc) is 3.10. The molecule has 2 aromatic heterocycles. The first kappa shape index (κ1) is 12.2. The van der Waals surface area contributed by atoms with E-state index in [4.69, 9.17) is 4.42 Å². The third kappa shape index (κ3) is 2.95. The molecule has 1 fully saturated rings. The first-order valence-corrected chi connectivity index (χ1v) is 6.88. The van der Waals surface area contributed by atoms with E-state index in [2.05, 4.69) is 29.1 Å². The second-order valence-electron chi connectivity index (χ2n) is 5.49. The van der Waals surface area contributed by atoms with E-state index in [-0.39, 0.29) is 0 Å². The Morgan fingerprint density at radius 2 is 2.26 bits per heavy atom. The highest BCUT2D eigenvalue weighted by molar-refractivity contribution is 5.58. The van der Waals surface area contributed by atoms with Crippen molar-refractivity contribution in [3.8, 4) is 11.5 Å². The number of aromatic nitrogens is 2. The van der Waals surface area contributed by atoms with Crippen molar-refractivity contribution in [2.45, 2.75) is 32.6 Å². The average molecular weight is 257 g/mol. The van der Waals surface area contributed by atoms with Crippen LogP contribution in [-0.4, -0.2) is 16.5 Å². The molecule has 19 heavy (non-hydrogen) atoms. The first-order valence-electron chi connectivity index (χ1n) is 6.88. The van der Waals surface area contributed by atoms with Crippen LogP contribution < -0.4 is 5.32 Å². The lowest BCUT2D eigenvalue weighted by atomic mass is 10.2. The Morgan fingerprint density at radius 3 is 2.95 bits per heavy atom. The number of rotatable bonds is 5. The standard InChI is InChI=1S/C15H19N3O/c1-10(2)13-9-19-15(18-13)12-5-6-16-14(7-12)17-8-11-3-4-11/h5-7,9-11H,3-4,8H2,1-2H3,(H,16,17). The van der Waals surface area contributed by atoms with E-state index in [0.717, 1.165) is 29.5 Å². The normalized spacial score (nSPS) is 14.9. The highest BCUT2D eigenvalue weighted by Crippen LogP contribution is 2.29. The van der Waals surface area contributed by atoms with E-state index in [1.807, 2.05) is 12.1 Å². The van der Waals surface area contributed by atoms with Crippen LogP contribution in [0.3, 0.4) is 0 Å². The van der Waals surface area contributed by atoms with Gasteiger partial charge >= 0.3 is 0 Å². The molecule has 1 aliphatic carbocycles. The molecule has 0 unspecified atom stereocenters. The van der Waals surface area contributed by atoms with Crippen LogP contribution in [0.2, 0.25) is 0 Å². The van der Waals surface area contributed by atoms with Crippen LogP contribution in [0, 0.1) is 5.92 Å². The van der Waals surface area contributed by atoms with Gasteiger partial charge in [0.15, 0.2) is 0 Å². The summed E-state index contributed by atoms with van der Waals surface area (Å²) in [5.74, 6) is 2.78. The largest absolute Gasteiger partial charge is 0.444 e. The van der Waals surface area contributed by atoms with E-state index in [1.165, 1.54) is 12.8 Å². The molecule has 0 atom stereocenters. The van der Waals surface area contributed by atoms with Crippen molar-refractivity contribution in [1.29, 1.82) is 0 Å². The molecule has 0 bridgehead atoms. The van der Waals surface area contributed by atoms with Gasteiger partial charge in [0.1, 0.15) is 12.1 Å². The van der Waals surface area contributed by atoms with Gasteiger partial charge in [-0.15, -0.1) is 0 Å². The lowest BCUT2D eigenvalue weighted by molar-refractivity contribution is 0.571. The van der Waals surface area contributed by atoms with Gasteiger partial charge in [0, 0.05) is 18.3 Å². The van der Waals surface area contributed by atoms with Gasteiger partial charge in [-0.05, 0) is 36.8 Å². The molecule has 0 aromatic carbocycles. The van der Waals surface area contributed by atoms with Gasteiger partial charge in [0.05, 0.1) is 5.69 Å². The topological polar surface area (TPSA) is 51.0 Å². The fraction of sp³-hybridized carbons (Fsp3) is 0.467. The maximum absolute atomic E-state index is 5.54. The van der Waals surface area contributed by atoms with Crippen molar-refractivity contribution >= 4 is 5.82 Å². The van der Waals surface area contributed by atoms with Crippen molar-refractivity contribution in [3.63, 3.8) is 0 Å². The van der Waals surface area contributed by atoms with E-state index in [0.29, 0.717) is 11.8 Å². The zero-order chi connectivity index (χ0) is 13.2. The predicted octanol–water partition coefficient (Wildman–Crippen LogP) is 3.68. The molecule has 2 heterocycles. The van der Waals surface area contributed by atoms with E-state index in [1.54, 1.807) is 12.5 Å². The number of pyridine rings is 1. The molecule has 4 nitrogen and oxygen atoms in total. The van der Waals surface area contributed by atoms with Gasteiger partial charge < -0.3 is 9.73 Å². The third-order valence-electron chi connectivity index (χ3n) is 3.39. The Labute approximate surface area is 113 Å². The summed E-state index contributed by atoms with van der Waals surface area (Å²) >= 11 is 0. The zero-order valence-corrected chi connectivity index (χ0v) is 11.4. The van der Waals surface area contributed by atoms with Crippen LogP contribution in [0.25, 0.3) is 11.5 Å². The minimum absolute atomic E-state index is 0.381. The van der Waals surface area contributed by atoms with Gasteiger partial charge in [0.25, 0.3) is 0 Å². The summed E-state index contributed by atoms with van der Waals surface area (Å²) in [6, 6.07) is 3.93. The molecule has 0 amide bonds. The van der Waals surface area contributed by atoms with E-state index in [9.17, 15) is 0 Å². The van der Waals surface area contributed by atoms with Crippen LogP contribution in [-0.2, 0) is 0 Å². The molecule has 4 heteroatoms. The predicted molar refractivity (Wildman–Crippen MR) is 75.0 cm³/mol. The van der Waals surface area contributed by atoms with Crippen LogP contribution >= 0.6 is 0 Å². The Morgan fingerprint density at radius 1 is 1.42 bits per heavy atom. The minimum Gasteiger partial charge on any atom is -0.444 e. The maximum Gasteiger partial charge on any atom is 0.226 e. The maximum atomic E-state index is 5.54. The zero-order valence-electron chi connectivity index (χ0n) is 11.4. The number of nitrogens with zero attached hydrogens (tertiary/aromatic N) is 2. The molecule has 0 aliphatic heterocycles. The molecule has 1 N–H and O–H groups in total. The van der Waals surface area contributed by atoms with Crippen molar-refractivity contribution in [1.82, 2.24) is 9.97 Å². The Balaban J connectivity index is 1.76. The number of hydrogen-bond acceptors (Lipinski definition) is 4. The summed E-state index contributed by atoms with van der Waals surface area (Å²) in [7, 11) is 0. The second-order valence-corrected chi connectivity index (χ2v) is 5.49. The van der Waals surface area contributed by atoms with Gasteiger partial charge in [0.2, 0.25) is 5.89 Å².